The summed E-state index contributed by atoms with van der Waals surface area (Å²) in [7, 11) is 0. The molecule has 1 rings (SSSR count). The van der Waals surface area contributed by atoms with Gasteiger partial charge in [0.05, 0.1) is 5.75 Å². The maximum atomic E-state index is 11.7. The van der Waals surface area contributed by atoms with Crippen molar-refractivity contribution < 1.29 is 9.53 Å². The molecule has 0 aliphatic heterocycles. The lowest BCUT2D eigenvalue weighted by atomic mass is 9.75. The van der Waals surface area contributed by atoms with E-state index in [9.17, 15) is 4.79 Å². The van der Waals surface area contributed by atoms with Gasteiger partial charge in [-0.3, -0.25) is 10.2 Å². The number of hydrogen-bond donors (Lipinski definition) is 2. The van der Waals surface area contributed by atoms with Crippen LogP contribution in [0.15, 0.2) is 0 Å². The smallest absolute Gasteiger partial charge is 0.316 e. The number of nitrogens with one attached hydrogen (secondary N) is 1. The molecule has 0 aromatic carbocycles. The fourth-order valence-corrected chi connectivity index (χ4v) is 2.93. The Bertz CT molecular complexity index is 313. The summed E-state index contributed by atoms with van der Waals surface area (Å²) in [5.74, 6) is 1.52. The van der Waals surface area contributed by atoms with Crippen molar-refractivity contribution in [3.05, 3.63) is 0 Å². The average molecular weight is 309 g/mol. The maximum Gasteiger partial charge on any atom is 0.316 e. The molecular formula is C13H25ClN2O2S. The molecule has 0 aromatic heterocycles. The van der Waals surface area contributed by atoms with Crippen LogP contribution in [-0.4, -0.2) is 23.0 Å². The summed E-state index contributed by atoms with van der Waals surface area (Å²) in [6.45, 7) is 6.58. The van der Waals surface area contributed by atoms with E-state index < -0.39 is 0 Å². The molecule has 19 heavy (non-hydrogen) atoms. The van der Waals surface area contributed by atoms with Crippen LogP contribution in [0.3, 0.4) is 0 Å². The lowest BCUT2D eigenvalue weighted by Gasteiger charge is -2.36. The first-order chi connectivity index (χ1) is 8.40. The molecule has 0 radical (unpaired) electrons. The van der Waals surface area contributed by atoms with Gasteiger partial charge in [0.15, 0.2) is 5.17 Å². The first-order valence-electron chi connectivity index (χ1n) is 6.56. The zero-order chi connectivity index (χ0) is 13.7. The zero-order valence-corrected chi connectivity index (χ0v) is 13.5. The topological polar surface area (TPSA) is 76.2 Å². The highest BCUT2D eigenvalue weighted by Gasteiger charge is 2.33. The standard InChI is InChI=1S/C13H24N2O2S.ClH/c1-8(2)10-5-4-9(3)6-11(10)17-12(16)7-18-13(14)15;/h8-11H,4-7H2,1-3H3,(H3,14,15);1H. The number of rotatable bonds is 4. The third-order valence-corrected chi connectivity index (χ3v) is 4.28. The minimum absolute atomic E-state index is 0. The van der Waals surface area contributed by atoms with Crippen molar-refractivity contribution in [1.82, 2.24) is 0 Å². The molecule has 0 amide bonds. The van der Waals surface area contributed by atoms with Crippen molar-refractivity contribution in [1.29, 1.82) is 5.41 Å². The predicted octanol–water partition coefficient (Wildman–Crippen LogP) is 3.04. The Kier molecular flexibility index (Phi) is 8.50. The van der Waals surface area contributed by atoms with Crippen LogP contribution in [0.25, 0.3) is 0 Å². The highest BCUT2D eigenvalue weighted by molar-refractivity contribution is 8.14. The van der Waals surface area contributed by atoms with Gasteiger partial charge in [-0.15, -0.1) is 12.4 Å². The molecule has 0 aromatic rings. The minimum atomic E-state index is -0.250. The normalized spacial score (nSPS) is 26.6. The Morgan fingerprint density at radius 3 is 2.63 bits per heavy atom. The number of halogens is 1. The van der Waals surface area contributed by atoms with Gasteiger partial charge in [-0.1, -0.05) is 39.0 Å². The predicted molar refractivity (Wildman–Crippen MR) is 82.8 cm³/mol. The molecule has 4 nitrogen and oxygen atoms in total. The first kappa shape index (κ1) is 18.6. The number of nitrogens with two attached hydrogens (primary N) is 1. The quantitative estimate of drug-likeness (QED) is 0.475. The minimum Gasteiger partial charge on any atom is -0.461 e. The van der Waals surface area contributed by atoms with Crippen LogP contribution in [0.5, 0.6) is 0 Å². The second kappa shape index (κ2) is 8.69. The van der Waals surface area contributed by atoms with E-state index in [4.69, 9.17) is 15.9 Å². The Morgan fingerprint density at radius 1 is 1.47 bits per heavy atom. The Hall–Kier alpha value is -0.420. The summed E-state index contributed by atoms with van der Waals surface area (Å²) in [5.41, 5.74) is 5.21. The molecule has 112 valence electrons. The fraction of sp³-hybridized carbons (Fsp3) is 0.846. The number of carbonyl (C=O) groups is 1. The molecule has 3 atom stereocenters. The summed E-state index contributed by atoms with van der Waals surface area (Å²) in [6, 6.07) is 0. The van der Waals surface area contributed by atoms with Crippen molar-refractivity contribution in [3.8, 4) is 0 Å². The second-order valence-electron chi connectivity index (χ2n) is 5.51. The SMILES string of the molecule is CC1CCC(C(C)C)C(OC(=O)CSC(=N)N)C1.Cl. The molecule has 1 aliphatic carbocycles. The number of ether oxygens (including phenoxy) is 1. The molecule has 1 aliphatic rings. The van der Waals surface area contributed by atoms with Crippen molar-refractivity contribution >= 4 is 35.3 Å². The Balaban J connectivity index is 0.00000324. The van der Waals surface area contributed by atoms with Gasteiger partial charge in [0, 0.05) is 0 Å². The summed E-state index contributed by atoms with van der Waals surface area (Å²) < 4.78 is 5.57. The highest BCUT2D eigenvalue weighted by atomic mass is 35.5. The van der Waals surface area contributed by atoms with Crippen LogP contribution in [0.4, 0.5) is 0 Å². The zero-order valence-electron chi connectivity index (χ0n) is 11.8. The molecule has 0 bridgehead atoms. The maximum absolute atomic E-state index is 11.7. The van der Waals surface area contributed by atoms with E-state index in [1.54, 1.807) is 0 Å². The molecule has 0 saturated heterocycles. The van der Waals surface area contributed by atoms with Crippen LogP contribution in [0.2, 0.25) is 0 Å². The van der Waals surface area contributed by atoms with Gasteiger partial charge < -0.3 is 10.5 Å². The van der Waals surface area contributed by atoms with Crippen molar-refractivity contribution in [2.24, 2.45) is 23.5 Å². The van der Waals surface area contributed by atoms with E-state index in [-0.39, 0.29) is 35.4 Å². The second-order valence-corrected chi connectivity index (χ2v) is 6.52. The van der Waals surface area contributed by atoms with E-state index in [0.717, 1.165) is 24.6 Å². The molecule has 1 fully saturated rings. The van der Waals surface area contributed by atoms with Crippen LogP contribution >= 0.6 is 24.2 Å². The fourth-order valence-electron chi connectivity index (χ4n) is 2.59. The van der Waals surface area contributed by atoms with Crippen LogP contribution in [0, 0.1) is 23.2 Å². The molecule has 0 heterocycles. The number of amidine groups is 1. The largest absolute Gasteiger partial charge is 0.461 e. The molecule has 6 heteroatoms. The number of hydrogen-bond acceptors (Lipinski definition) is 4. The van der Waals surface area contributed by atoms with E-state index in [1.807, 2.05) is 0 Å². The van der Waals surface area contributed by atoms with Crippen LogP contribution in [0.1, 0.15) is 40.0 Å². The summed E-state index contributed by atoms with van der Waals surface area (Å²) in [6.07, 6.45) is 3.35. The lowest BCUT2D eigenvalue weighted by molar-refractivity contribution is -0.152. The van der Waals surface area contributed by atoms with Gasteiger partial charge >= 0.3 is 5.97 Å². The highest BCUT2D eigenvalue weighted by Crippen LogP contribution is 2.35. The molecule has 3 unspecified atom stereocenters. The molecule has 1 saturated carbocycles. The van der Waals surface area contributed by atoms with Crippen LogP contribution < -0.4 is 5.73 Å². The van der Waals surface area contributed by atoms with Crippen molar-refractivity contribution in [3.63, 3.8) is 0 Å². The summed E-state index contributed by atoms with van der Waals surface area (Å²) in [5, 5.41) is 7.04. The van der Waals surface area contributed by atoms with Gasteiger partial charge in [-0.05, 0) is 30.6 Å². The van der Waals surface area contributed by atoms with E-state index in [0.29, 0.717) is 17.8 Å². The molecule has 3 N–H and O–H groups in total. The van der Waals surface area contributed by atoms with Gasteiger partial charge in [-0.2, -0.15) is 0 Å². The summed E-state index contributed by atoms with van der Waals surface area (Å²) >= 11 is 1.02. The monoisotopic (exact) mass is 308 g/mol. The van der Waals surface area contributed by atoms with Gasteiger partial charge in [-0.25, -0.2) is 0 Å². The average Bonchev–Trinajstić information content (AvgIpc) is 2.26. The number of carbonyl (C=O) groups excluding carboxylic acids is 1. The van der Waals surface area contributed by atoms with E-state index in [2.05, 4.69) is 20.8 Å². The van der Waals surface area contributed by atoms with Gasteiger partial charge in [0.25, 0.3) is 0 Å². The van der Waals surface area contributed by atoms with Crippen molar-refractivity contribution in [2.45, 2.75) is 46.1 Å². The van der Waals surface area contributed by atoms with Crippen LogP contribution in [-0.2, 0) is 9.53 Å². The van der Waals surface area contributed by atoms with Gasteiger partial charge in [0.1, 0.15) is 6.10 Å². The number of thioether (sulfide) groups is 1. The van der Waals surface area contributed by atoms with Gasteiger partial charge in [0.2, 0.25) is 0 Å². The Labute approximate surface area is 126 Å². The van der Waals surface area contributed by atoms with E-state index in [1.165, 1.54) is 6.42 Å². The summed E-state index contributed by atoms with van der Waals surface area (Å²) in [4.78, 5) is 11.7. The van der Waals surface area contributed by atoms with Crippen molar-refractivity contribution in [2.75, 3.05) is 5.75 Å². The first-order valence-corrected chi connectivity index (χ1v) is 7.55. The third kappa shape index (κ3) is 6.52. The molecule has 0 spiro atoms. The Morgan fingerprint density at radius 2 is 2.11 bits per heavy atom. The van der Waals surface area contributed by atoms with E-state index >= 15 is 0 Å². The lowest BCUT2D eigenvalue weighted by Crippen LogP contribution is -2.36. The third-order valence-electron chi connectivity index (χ3n) is 3.59. The number of esters is 1. The molecular weight excluding hydrogens is 284 g/mol.